The summed E-state index contributed by atoms with van der Waals surface area (Å²) in [6, 6.07) is 10.3. The average Bonchev–Trinajstić information content (AvgIpc) is 2.24. The molecule has 88 valence electrons. The van der Waals surface area contributed by atoms with Gasteiger partial charge in [0.2, 0.25) is 0 Å². The summed E-state index contributed by atoms with van der Waals surface area (Å²) in [4.78, 5) is 0. The highest BCUT2D eigenvalue weighted by Gasteiger charge is 2.16. The predicted octanol–water partition coefficient (Wildman–Crippen LogP) is 3.74. The van der Waals surface area contributed by atoms with Crippen LogP contribution in [0.25, 0.3) is 6.08 Å². The van der Waals surface area contributed by atoms with Crippen molar-refractivity contribution in [2.24, 2.45) is 11.8 Å². The van der Waals surface area contributed by atoms with Crippen molar-refractivity contribution in [3.8, 4) is 0 Å². The summed E-state index contributed by atoms with van der Waals surface area (Å²) in [7, 11) is 0. The zero-order valence-corrected chi connectivity index (χ0v) is 10.4. The van der Waals surface area contributed by atoms with Crippen molar-refractivity contribution >= 4 is 6.08 Å². The van der Waals surface area contributed by atoms with Crippen LogP contribution in [0, 0.1) is 11.8 Å². The van der Waals surface area contributed by atoms with Crippen molar-refractivity contribution in [3.63, 3.8) is 0 Å². The molecule has 1 aromatic rings. The minimum Gasteiger partial charge on any atom is -0.393 e. The lowest BCUT2D eigenvalue weighted by Crippen LogP contribution is -2.21. The minimum absolute atomic E-state index is 0.236. The number of aliphatic hydroxyl groups is 1. The Hall–Kier alpha value is -1.08. The van der Waals surface area contributed by atoms with Gasteiger partial charge in [-0.1, -0.05) is 56.3 Å². The fourth-order valence-corrected chi connectivity index (χ4v) is 1.95. The van der Waals surface area contributed by atoms with Gasteiger partial charge in [0.15, 0.2) is 0 Å². The molecule has 1 nitrogen and oxygen atoms in total. The number of aliphatic hydroxyl groups excluding tert-OH is 1. The zero-order valence-electron chi connectivity index (χ0n) is 10.4. The molecule has 0 aromatic heterocycles. The maximum atomic E-state index is 9.65. The summed E-state index contributed by atoms with van der Waals surface area (Å²) < 4.78 is 0. The molecule has 1 aromatic carbocycles. The van der Waals surface area contributed by atoms with Gasteiger partial charge in [-0.15, -0.1) is 0 Å². The monoisotopic (exact) mass is 218 g/mol. The van der Waals surface area contributed by atoms with E-state index >= 15 is 0 Å². The molecular weight excluding hydrogens is 196 g/mol. The Bertz CT molecular complexity index is 303. The van der Waals surface area contributed by atoms with E-state index in [1.54, 1.807) is 0 Å². The Kier molecular flexibility index (Phi) is 5.27. The quantitative estimate of drug-likeness (QED) is 0.798. The lowest BCUT2D eigenvalue weighted by atomic mass is 9.88. The molecule has 1 rings (SSSR count). The van der Waals surface area contributed by atoms with Gasteiger partial charge in [-0.3, -0.25) is 0 Å². The molecule has 16 heavy (non-hydrogen) atoms. The first-order valence-electron chi connectivity index (χ1n) is 6.01. The summed E-state index contributed by atoms with van der Waals surface area (Å²) in [5.74, 6) is 0.861. The molecular formula is C15H22O. The van der Waals surface area contributed by atoms with Crippen LogP contribution >= 0.6 is 0 Å². The van der Waals surface area contributed by atoms with E-state index in [4.69, 9.17) is 0 Å². The topological polar surface area (TPSA) is 20.2 Å². The number of hydrogen-bond acceptors (Lipinski definition) is 1. The summed E-state index contributed by atoms with van der Waals surface area (Å²) in [6.45, 7) is 6.20. The summed E-state index contributed by atoms with van der Waals surface area (Å²) >= 11 is 0. The van der Waals surface area contributed by atoms with Crippen molar-refractivity contribution in [1.82, 2.24) is 0 Å². The molecule has 0 amide bonds. The van der Waals surface area contributed by atoms with Crippen molar-refractivity contribution in [3.05, 3.63) is 42.0 Å². The molecule has 0 aliphatic carbocycles. The van der Waals surface area contributed by atoms with Gasteiger partial charge < -0.3 is 5.11 Å². The predicted molar refractivity (Wildman–Crippen MR) is 70.1 cm³/mol. The van der Waals surface area contributed by atoms with E-state index < -0.39 is 0 Å². The summed E-state index contributed by atoms with van der Waals surface area (Å²) in [5.41, 5.74) is 1.22. The van der Waals surface area contributed by atoms with Gasteiger partial charge in [-0.25, -0.2) is 0 Å². The molecule has 0 bridgehead atoms. The molecule has 2 unspecified atom stereocenters. The van der Waals surface area contributed by atoms with E-state index in [1.807, 2.05) is 25.1 Å². The minimum atomic E-state index is -0.236. The van der Waals surface area contributed by atoms with Crippen LogP contribution in [0.2, 0.25) is 0 Å². The molecule has 1 heteroatoms. The van der Waals surface area contributed by atoms with Crippen LogP contribution in [-0.2, 0) is 0 Å². The maximum absolute atomic E-state index is 9.65. The van der Waals surface area contributed by atoms with Gasteiger partial charge in [-0.2, -0.15) is 0 Å². The number of hydrogen-bond donors (Lipinski definition) is 1. The number of benzene rings is 1. The zero-order chi connectivity index (χ0) is 12.0. The van der Waals surface area contributed by atoms with Gasteiger partial charge in [0, 0.05) is 0 Å². The third-order valence-corrected chi connectivity index (χ3v) is 2.99. The largest absolute Gasteiger partial charge is 0.393 e. The Labute approximate surface area is 98.8 Å². The molecule has 0 radical (unpaired) electrons. The first-order chi connectivity index (χ1) is 7.61. The average molecular weight is 218 g/mol. The maximum Gasteiger partial charge on any atom is 0.0545 e. The number of rotatable bonds is 5. The second-order valence-electron chi connectivity index (χ2n) is 4.70. The second kappa shape index (κ2) is 6.49. The molecule has 0 heterocycles. The molecule has 0 aliphatic heterocycles. The van der Waals surface area contributed by atoms with Crippen LogP contribution in [-0.4, -0.2) is 11.2 Å². The van der Waals surface area contributed by atoms with E-state index in [0.717, 1.165) is 6.42 Å². The van der Waals surface area contributed by atoms with E-state index in [0.29, 0.717) is 11.8 Å². The van der Waals surface area contributed by atoms with Crippen molar-refractivity contribution in [1.29, 1.82) is 0 Å². The van der Waals surface area contributed by atoms with Crippen LogP contribution in [0.5, 0.6) is 0 Å². The fourth-order valence-electron chi connectivity index (χ4n) is 1.95. The molecule has 0 saturated carbocycles. The number of allylic oxidation sites excluding steroid dienone is 1. The van der Waals surface area contributed by atoms with E-state index in [9.17, 15) is 5.11 Å². The van der Waals surface area contributed by atoms with Gasteiger partial charge in [0.05, 0.1) is 6.10 Å². The summed E-state index contributed by atoms with van der Waals surface area (Å²) in [6.07, 6.45) is 4.98. The van der Waals surface area contributed by atoms with Crippen molar-refractivity contribution in [2.75, 3.05) is 0 Å². The molecule has 0 aliphatic rings. The third-order valence-electron chi connectivity index (χ3n) is 2.99. The Morgan fingerprint density at radius 2 is 1.75 bits per heavy atom. The Balaban J connectivity index is 2.52. The summed E-state index contributed by atoms with van der Waals surface area (Å²) in [5, 5.41) is 9.65. The second-order valence-corrected chi connectivity index (χ2v) is 4.70. The highest BCUT2D eigenvalue weighted by atomic mass is 16.3. The van der Waals surface area contributed by atoms with Crippen LogP contribution < -0.4 is 0 Å². The lowest BCUT2D eigenvalue weighted by molar-refractivity contribution is 0.0995. The first kappa shape index (κ1) is 13.0. The van der Waals surface area contributed by atoms with Crippen molar-refractivity contribution < 1.29 is 5.11 Å². The SMILES string of the molecule is CC(C)C(CC=Cc1ccccc1)C(C)O. The van der Waals surface area contributed by atoms with Gasteiger partial charge >= 0.3 is 0 Å². The highest BCUT2D eigenvalue weighted by molar-refractivity contribution is 5.48. The lowest BCUT2D eigenvalue weighted by Gasteiger charge is -2.22. The highest BCUT2D eigenvalue weighted by Crippen LogP contribution is 2.20. The van der Waals surface area contributed by atoms with E-state index in [2.05, 4.69) is 38.1 Å². The van der Waals surface area contributed by atoms with E-state index in [-0.39, 0.29) is 6.10 Å². The molecule has 0 spiro atoms. The van der Waals surface area contributed by atoms with Crippen LogP contribution in [0.3, 0.4) is 0 Å². The Morgan fingerprint density at radius 1 is 1.12 bits per heavy atom. The first-order valence-corrected chi connectivity index (χ1v) is 6.01. The van der Waals surface area contributed by atoms with Crippen LogP contribution in [0.15, 0.2) is 36.4 Å². The van der Waals surface area contributed by atoms with E-state index in [1.165, 1.54) is 5.56 Å². The third kappa shape index (κ3) is 4.19. The fraction of sp³-hybridized carbons (Fsp3) is 0.467. The molecule has 0 saturated heterocycles. The van der Waals surface area contributed by atoms with Crippen LogP contribution in [0.1, 0.15) is 32.8 Å². The van der Waals surface area contributed by atoms with Gasteiger partial charge in [-0.05, 0) is 30.7 Å². The van der Waals surface area contributed by atoms with Gasteiger partial charge in [0.25, 0.3) is 0 Å². The van der Waals surface area contributed by atoms with Gasteiger partial charge in [0.1, 0.15) is 0 Å². The van der Waals surface area contributed by atoms with Crippen LogP contribution in [0.4, 0.5) is 0 Å². The van der Waals surface area contributed by atoms with Crippen molar-refractivity contribution in [2.45, 2.75) is 33.3 Å². The molecule has 0 fully saturated rings. The molecule has 1 N–H and O–H groups in total. The molecule has 2 atom stereocenters. The normalized spacial score (nSPS) is 15.6. The smallest absolute Gasteiger partial charge is 0.0545 e. The Morgan fingerprint density at radius 3 is 2.25 bits per heavy atom. The standard InChI is InChI=1S/C15H22O/c1-12(2)15(13(3)16)11-7-10-14-8-5-4-6-9-14/h4-10,12-13,15-16H,11H2,1-3H3.